The van der Waals surface area contributed by atoms with Gasteiger partial charge in [-0.3, -0.25) is 0 Å². The molecule has 1 heterocycles. The van der Waals surface area contributed by atoms with Crippen molar-refractivity contribution in [2.45, 2.75) is 18.9 Å². The van der Waals surface area contributed by atoms with Gasteiger partial charge in [-0.2, -0.15) is 5.26 Å². The lowest BCUT2D eigenvalue weighted by molar-refractivity contribution is 0.145. The van der Waals surface area contributed by atoms with Crippen molar-refractivity contribution in [1.82, 2.24) is 0 Å². The van der Waals surface area contributed by atoms with Gasteiger partial charge in [-0.25, -0.2) is 0 Å². The zero-order chi connectivity index (χ0) is 11.5. The van der Waals surface area contributed by atoms with Crippen LogP contribution in [0.1, 0.15) is 18.4 Å². The smallest absolute Gasteiger partial charge is 0.101 e. The Bertz CT molecular complexity index is 420. The molecule has 0 spiro atoms. The van der Waals surface area contributed by atoms with Crippen molar-refractivity contribution in [3.63, 3.8) is 0 Å². The second-order valence-electron chi connectivity index (χ2n) is 3.99. The minimum absolute atomic E-state index is 0.207. The molecule has 4 heteroatoms. The maximum atomic E-state index is 9.44. The molecule has 1 aromatic carbocycles. The summed E-state index contributed by atoms with van der Waals surface area (Å²) >= 11 is 5.94. The molecule has 0 atom stereocenters. The van der Waals surface area contributed by atoms with Crippen LogP contribution in [0.4, 0.5) is 5.69 Å². The van der Waals surface area contributed by atoms with Gasteiger partial charge in [0.1, 0.15) is 6.07 Å². The van der Waals surface area contributed by atoms with E-state index in [9.17, 15) is 5.11 Å². The van der Waals surface area contributed by atoms with Gasteiger partial charge in [0.15, 0.2) is 0 Å². The lowest BCUT2D eigenvalue weighted by Gasteiger charge is -2.32. The zero-order valence-electron chi connectivity index (χ0n) is 8.86. The van der Waals surface area contributed by atoms with E-state index >= 15 is 0 Å². The molecule has 1 N–H and O–H groups in total. The minimum Gasteiger partial charge on any atom is -0.393 e. The second kappa shape index (κ2) is 4.73. The first-order valence-corrected chi connectivity index (χ1v) is 5.71. The average Bonchev–Trinajstić information content (AvgIpc) is 2.30. The molecule has 2 rings (SSSR count). The van der Waals surface area contributed by atoms with Crippen molar-refractivity contribution < 1.29 is 5.11 Å². The Hall–Kier alpha value is -1.24. The third-order valence-corrected chi connectivity index (χ3v) is 3.12. The van der Waals surface area contributed by atoms with Crippen LogP contribution in [0.3, 0.4) is 0 Å². The highest BCUT2D eigenvalue weighted by Gasteiger charge is 2.19. The van der Waals surface area contributed by atoms with E-state index in [1.807, 2.05) is 6.07 Å². The van der Waals surface area contributed by atoms with E-state index in [2.05, 4.69) is 11.0 Å². The van der Waals surface area contributed by atoms with Crippen molar-refractivity contribution in [3.8, 4) is 6.07 Å². The summed E-state index contributed by atoms with van der Waals surface area (Å²) in [5.74, 6) is 0. The third-order valence-electron chi connectivity index (χ3n) is 2.89. The topological polar surface area (TPSA) is 47.3 Å². The maximum Gasteiger partial charge on any atom is 0.101 e. The van der Waals surface area contributed by atoms with Crippen molar-refractivity contribution in [2.75, 3.05) is 18.0 Å². The Morgan fingerprint density at radius 2 is 2.06 bits per heavy atom. The Balaban J connectivity index is 2.26. The minimum atomic E-state index is -0.207. The van der Waals surface area contributed by atoms with Crippen molar-refractivity contribution in [1.29, 1.82) is 5.26 Å². The lowest BCUT2D eigenvalue weighted by atomic mass is 10.1. The van der Waals surface area contributed by atoms with Gasteiger partial charge in [0.05, 0.1) is 17.4 Å². The summed E-state index contributed by atoms with van der Waals surface area (Å²) in [5.41, 5.74) is 1.52. The maximum absolute atomic E-state index is 9.44. The predicted octanol–water partition coefficient (Wildman–Crippen LogP) is 2.17. The van der Waals surface area contributed by atoms with Crippen LogP contribution in [-0.4, -0.2) is 24.3 Å². The van der Waals surface area contributed by atoms with Gasteiger partial charge in [-0.05, 0) is 31.0 Å². The number of nitriles is 1. The number of halogens is 1. The van der Waals surface area contributed by atoms with E-state index in [0.717, 1.165) is 31.6 Å². The third kappa shape index (κ3) is 2.29. The first-order valence-electron chi connectivity index (χ1n) is 5.33. The van der Waals surface area contributed by atoms with E-state index < -0.39 is 0 Å². The van der Waals surface area contributed by atoms with Gasteiger partial charge in [0, 0.05) is 18.1 Å². The zero-order valence-corrected chi connectivity index (χ0v) is 9.61. The average molecular weight is 237 g/mol. The molecule has 1 fully saturated rings. The number of aliphatic hydroxyl groups is 1. The number of piperidine rings is 1. The fourth-order valence-corrected chi connectivity index (χ4v) is 2.13. The highest BCUT2D eigenvalue weighted by molar-refractivity contribution is 6.30. The molecule has 0 bridgehead atoms. The summed E-state index contributed by atoms with van der Waals surface area (Å²) in [6.07, 6.45) is 1.29. The summed E-state index contributed by atoms with van der Waals surface area (Å²) in [6, 6.07) is 7.45. The molecule has 3 nitrogen and oxygen atoms in total. The molecule has 0 aliphatic carbocycles. The van der Waals surface area contributed by atoms with Crippen molar-refractivity contribution in [3.05, 3.63) is 28.8 Å². The largest absolute Gasteiger partial charge is 0.393 e. The molecule has 1 aromatic rings. The molecule has 84 valence electrons. The van der Waals surface area contributed by atoms with Crippen LogP contribution in [0.5, 0.6) is 0 Å². The number of nitrogens with zero attached hydrogens (tertiary/aromatic N) is 2. The molecule has 0 unspecified atom stereocenters. The number of anilines is 1. The van der Waals surface area contributed by atoms with Gasteiger partial charge < -0.3 is 10.0 Å². The molecule has 0 aromatic heterocycles. The van der Waals surface area contributed by atoms with Gasteiger partial charge in [-0.15, -0.1) is 0 Å². The molecular weight excluding hydrogens is 224 g/mol. The summed E-state index contributed by atoms with van der Waals surface area (Å²) in [5, 5.41) is 19.1. The predicted molar refractivity (Wildman–Crippen MR) is 63.6 cm³/mol. The first kappa shape index (κ1) is 11.3. The van der Waals surface area contributed by atoms with Crippen LogP contribution in [0.2, 0.25) is 5.02 Å². The molecular formula is C12H13ClN2O. The van der Waals surface area contributed by atoms with E-state index in [-0.39, 0.29) is 6.10 Å². The van der Waals surface area contributed by atoms with Gasteiger partial charge >= 0.3 is 0 Å². The Labute approximate surface area is 99.9 Å². The van der Waals surface area contributed by atoms with E-state index in [1.165, 1.54) is 0 Å². The number of rotatable bonds is 1. The van der Waals surface area contributed by atoms with Gasteiger partial charge in [-0.1, -0.05) is 11.6 Å². The normalized spacial score (nSPS) is 17.2. The number of hydrogen-bond acceptors (Lipinski definition) is 3. The molecule has 16 heavy (non-hydrogen) atoms. The monoisotopic (exact) mass is 236 g/mol. The highest BCUT2D eigenvalue weighted by Crippen LogP contribution is 2.27. The molecule has 1 aliphatic rings. The summed E-state index contributed by atoms with van der Waals surface area (Å²) in [6.45, 7) is 1.55. The van der Waals surface area contributed by atoms with E-state index in [1.54, 1.807) is 12.1 Å². The first-order chi connectivity index (χ1) is 7.70. The van der Waals surface area contributed by atoms with Crippen LogP contribution in [-0.2, 0) is 0 Å². The van der Waals surface area contributed by atoms with E-state index in [0.29, 0.717) is 10.6 Å². The fourth-order valence-electron chi connectivity index (χ4n) is 1.97. The number of hydrogen-bond donors (Lipinski definition) is 1. The molecule has 1 aliphatic heterocycles. The van der Waals surface area contributed by atoms with Crippen molar-refractivity contribution in [2.24, 2.45) is 0 Å². The Morgan fingerprint density at radius 3 is 2.69 bits per heavy atom. The SMILES string of the molecule is N#Cc1ccc(Cl)cc1N1CCC(O)CC1. The summed E-state index contributed by atoms with van der Waals surface area (Å²) in [7, 11) is 0. The van der Waals surface area contributed by atoms with Crippen LogP contribution < -0.4 is 4.90 Å². The highest BCUT2D eigenvalue weighted by atomic mass is 35.5. The summed E-state index contributed by atoms with van der Waals surface area (Å²) < 4.78 is 0. The lowest BCUT2D eigenvalue weighted by Crippen LogP contribution is -2.36. The second-order valence-corrected chi connectivity index (χ2v) is 4.43. The number of aliphatic hydroxyl groups excluding tert-OH is 1. The fraction of sp³-hybridized carbons (Fsp3) is 0.417. The van der Waals surface area contributed by atoms with Crippen LogP contribution in [0.15, 0.2) is 18.2 Å². The molecule has 0 amide bonds. The Kier molecular flexibility index (Phi) is 3.33. The van der Waals surface area contributed by atoms with E-state index in [4.69, 9.17) is 16.9 Å². The van der Waals surface area contributed by atoms with Crippen LogP contribution in [0, 0.1) is 11.3 Å². The standard InChI is InChI=1S/C12H13ClN2O/c13-10-2-1-9(8-14)12(7-10)15-5-3-11(16)4-6-15/h1-2,7,11,16H,3-6H2. The van der Waals surface area contributed by atoms with Gasteiger partial charge in [0.2, 0.25) is 0 Å². The Morgan fingerprint density at radius 1 is 1.38 bits per heavy atom. The molecule has 1 saturated heterocycles. The van der Waals surface area contributed by atoms with Crippen LogP contribution in [0.25, 0.3) is 0 Å². The van der Waals surface area contributed by atoms with Crippen LogP contribution >= 0.6 is 11.6 Å². The van der Waals surface area contributed by atoms with Gasteiger partial charge in [0.25, 0.3) is 0 Å². The quantitative estimate of drug-likeness (QED) is 0.813. The molecule has 0 saturated carbocycles. The summed E-state index contributed by atoms with van der Waals surface area (Å²) in [4.78, 5) is 2.11. The molecule has 0 radical (unpaired) electrons. The van der Waals surface area contributed by atoms with Crippen molar-refractivity contribution >= 4 is 17.3 Å². The number of benzene rings is 1.